The summed E-state index contributed by atoms with van der Waals surface area (Å²) in [5, 5.41) is 8.79. The van der Waals surface area contributed by atoms with Gasteiger partial charge in [0.1, 0.15) is 0 Å². The molecule has 1 aromatic heterocycles. The Morgan fingerprint density at radius 3 is 2.63 bits per heavy atom. The van der Waals surface area contributed by atoms with E-state index in [2.05, 4.69) is 44.1 Å². The van der Waals surface area contributed by atoms with Crippen molar-refractivity contribution >= 4 is 23.3 Å². The number of nitrogens with zero attached hydrogens (tertiary/aromatic N) is 4. The van der Waals surface area contributed by atoms with Crippen molar-refractivity contribution in [1.29, 1.82) is 0 Å². The summed E-state index contributed by atoms with van der Waals surface area (Å²) < 4.78 is 3.77. The summed E-state index contributed by atoms with van der Waals surface area (Å²) in [6, 6.07) is 10.7. The van der Waals surface area contributed by atoms with Crippen molar-refractivity contribution in [1.82, 2.24) is 24.7 Å². The highest BCUT2D eigenvalue weighted by molar-refractivity contribution is 7.03. The second-order valence-corrected chi connectivity index (χ2v) is 8.95. The molecule has 1 atom stereocenters. The molecule has 3 heterocycles. The van der Waals surface area contributed by atoms with E-state index in [0.29, 0.717) is 18.0 Å². The van der Waals surface area contributed by atoms with E-state index in [-0.39, 0.29) is 17.9 Å². The third kappa shape index (κ3) is 5.64. The maximum absolute atomic E-state index is 12.4. The molecule has 0 spiro atoms. The second kappa shape index (κ2) is 10.1. The van der Waals surface area contributed by atoms with E-state index in [0.717, 1.165) is 58.4 Å². The van der Waals surface area contributed by atoms with Crippen molar-refractivity contribution in [3.8, 4) is 0 Å². The lowest BCUT2D eigenvalue weighted by Crippen LogP contribution is -2.39. The number of carbonyl (C=O) groups excluding carboxylic acids is 2. The molecule has 0 radical (unpaired) electrons. The zero-order chi connectivity index (χ0) is 20.8. The number of hydrogen-bond donors (Lipinski definition) is 1. The predicted molar refractivity (Wildman–Crippen MR) is 116 cm³/mol. The van der Waals surface area contributed by atoms with E-state index >= 15 is 0 Å². The van der Waals surface area contributed by atoms with Gasteiger partial charge in [-0.3, -0.25) is 14.5 Å². The molecule has 2 amide bonds. The van der Waals surface area contributed by atoms with Crippen LogP contribution in [0.25, 0.3) is 0 Å². The Morgan fingerprint density at radius 1 is 1.10 bits per heavy atom. The number of aromatic nitrogens is 2. The maximum Gasteiger partial charge on any atom is 0.275 e. The number of hydrogen-bond acceptors (Lipinski definition) is 6. The zero-order valence-electron chi connectivity index (χ0n) is 17.2. The number of amides is 2. The van der Waals surface area contributed by atoms with Gasteiger partial charge in [0, 0.05) is 50.6 Å². The third-order valence-electron chi connectivity index (χ3n) is 6.15. The van der Waals surface area contributed by atoms with Gasteiger partial charge in [0.05, 0.1) is 0 Å². The lowest BCUT2D eigenvalue weighted by molar-refractivity contribution is -0.122. The summed E-state index contributed by atoms with van der Waals surface area (Å²) in [5.41, 5.74) is 1.76. The first kappa shape index (κ1) is 20.9. The van der Waals surface area contributed by atoms with Gasteiger partial charge in [-0.1, -0.05) is 34.8 Å². The largest absolute Gasteiger partial charge is 0.352 e. The Bertz CT molecular complexity index is 821. The van der Waals surface area contributed by atoms with Gasteiger partial charge in [-0.25, -0.2) is 0 Å². The molecular weight excluding hydrogens is 398 g/mol. The van der Waals surface area contributed by atoms with E-state index in [9.17, 15) is 9.59 Å². The van der Waals surface area contributed by atoms with Gasteiger partial charge in [0.15, 0.2) is 5.69 Å². The van der Waals surface area contributed by atoms with Gasteiger partial charge >= 0.3 is 0 Å². The minimum absolute atomic E-state index is 0.0266. The molecule has 0 bridgehead atoms. The highest BCUT2D eigenvalue weighted by Crippen LogP contribution is 2.23. The molecule has 7 nitrogen and oxygen atoms in total. The van der Waals surface area contributed by atoms with Gasteiger partial charge in [0.25, 0.3) is 5.91 Å². The summed E-state index contributed by atoms with van der Waals surface area (Å²) in [6.07, 6.45) is 4.39. The second-order valence-electron chi connectivity index (χ2n) is 8.34. The average molecular weight is 428 g/mol. The van der Waals surface area contributed by atoms with E-state index in [1.165, 1.54) is 17.1 Å². The first-order chi connectivity index (χ1) is 14.7. The molecule has 2 fully saturated rings. The molecule has 2 aliphatic rings. The van der Waals surface area contributed by atoms with Gasteiger partial charge in [-0.15, -0.1) is 5.10 Å². The van der Waals surface area contributed by atoms with Gasteiger partial charge in [-0.05, 0) is 48.7 Å². The molecule has 2 saturated heterocycles. The molecule has 0 unspecified atom stereocenters. The minimum Gasteiger partial charge on any atom is -0.352 e. The summed E-state index contributed by atoms with van der Waals surface area (Å²) in [5.74, 6) is 0.640. The molecule has 30 heavy (non-hydrogen) atoms. The average Bonchev–Trinajstić information content (AvgIpc) is 3.45. The van der Waals surface area contributed by atoms with Gasteiger partial charge in [-0.2, -0.15) is 0 Å². The van der Waals surface area contributed by atoms with Crippen LogP contribution in [-0.4, -0.2) is 63.4 Å². The van der Waals surface area contributed by atoms with Crippen molar-refractivity contribution < 1.29 is 9.59 Å². The van der Waals surface area contributed by atoms with Crippen LogP contribution >= 0.6 is 11.5 Å². The fourth-order valence-corrected chi connectivity index (χ4v) is 4.85. The summed E-state index contributed by atoms with van der Waals surface area (Å²) >= 11 is 1.20. The van der Waals surface area contributed by atoms with Crippen LogP contribution in [0.15, 0.2) is 35.7 Å². The highest BCUT2D eigenvalue weighted by Gasteiger charge is 2.27. The van der Waals surface area contributed by atoms with Crippen LogP contribution in [0.3, 0.4) is 0 Å². The van der Waals surface area contributed by atoms with Crippen LogP contribution in [0.5, 0.6) is 0 Å². The molecule has 1 aromatic carbocycles. The standard InChI is InChI=1S/C22H29N5O2S/c28-21(23-19-10-11-26(15-19)14-18-4-2-1-3-5-18)7-6-17-8-12-27(13-9-17)22(29)20-16-30-25-24-20/h1-5,16-17,19H,6-15H2,(H,23,28)/t19-/m0/s1. The quantitative estimate of drug-likeness (QED) is 0.735. The molecule has 2 aromatic rings. The molecule has 0 aliphatic carbocycles. The fourth-order valence-electron chi connectivity index (χ4n) is 4.42. The van der Waals surface area contributed by atoms with Crippen molar-refractivity contribution in [2.45, 2.75) is 44.7 Å². The smallest absolute Gasteiger partial charge is 0.275 e. The first-order valence-corrected chi connectivity index (χ1v) is 11.6. The zero-order valence-corrected chi connectivity index (χ0v) is 18.0. The van der Waals surface area contributed by atoms with E-state index in [4.69, 9.17) is 0 Å². The van der Waals surface area contributed by atoms with Gasteiger partial charge in [0.2, 0.25) is 5.91 Å². The molecular formula is C22H29N5O2S. The van der Waals surface area contributed by atoms with Crippen molar-refractivity contribution in [3.05, 3.63) is 47.0 Å². The summed E-state index contributed by atoms with van der Waals surface area (Å²) in [7, 11) is 0. The predicted octanol–water partition coefficient (Wildman–Crippen LogP) is 2.56. The van der Waals surface area contributed by atoms with Crippen LogP contribution in [-0.2, 0) is 11.3 Å². The Balaban J connectivity index is 1.13. The molecule has 4 rings (SSSR count). The first-order valence-electron chi connectivity index (χ1n) is 10.8. The maximum atomic E-state index is 12.4. The number of carbonyl (C=O) groups is 2. The topological polar surface area (TPSA) is 78.4 Å². The Morgan fingerprint density at radius 2 is 1.90 bits per heavy atom. The number of rotatable bonds is 7. The lowest BCUT2D eigenvalue weighted by Gasteiger charge is -2.31. The summed E-state index contributed by atoms with van der Waals surface area (Å²) in [6.45, 7) is 4.37. The van der Waals surface area contributed by atoms with Crippen LogP contribution in [0.4, 0.5) is 0 Å². The Hall–Kier alpha value is -2.32. The van der Waals surface area contributed by atoms with Crippen molar-refractivity contribution in [2.75, 3.05) is 26.2 Å². The van der Waals surface area contributed by atoms with E-state index < -0.39 is 0 Å². The SMILES string of the molecule is O=C(CCC1CCN(C(=O)c2csnn2)CC1)N[C@H]1CCN(Cc2ccccc2)C1. The molecule has 0 saturated carbocycles. The van der Waals surface area contributed by atoms with Crippen molar-refractivity contribution in [3.63, 3.8) is 0 Å². The Kier molecular flexibility index (Phi) is 7.07. The molecule has 8 heteroatoms. The lowest BCUT2D eigenvalue weighted by atomic mass is 9.92. The third-order valence-corrected chi connectivity index (χ3v) is 6.65. The monoisotopic (exact) mass is 427 g/mol. The van der Waals surface area contributed by atoms with Crippen LogP contribution in [0, 0.1) is 5.92 Å². The Labute approximate surface area is 181 Å². The highest BCUT2D eigenvalue weighted by atomic mass is 32.1. The number of likely N-dealkylation sites (tertiary alicyclic amines) is 2. The molecule has 1 N–H and O–H groups in total. The van der Waals surface area contributed by atoms with Crippen molar-refractivity contribution in [2.24, 2.45) is 5.92 Å². The van der Waals surface area contributed by atoms with Crippen LogP contribution in [0.1, 0.15) is 48.2 Å². The normalized spacial score (nSPS) is 20.4. The number of benzene rings is 1. The van der Waals surface area contributed by atoms with E-state index in [1.807, 2.05) is 11.0 Å². The molecule has 160 valence electrons. The van der Waals surface area contributed by atoms with Crippen LogP contribution < -0.4 is 5.32 Å². The van der Waals surface area contributed by atoms with Crippen LogP contribution in [0.2, 0.25) is 0 Å². The van der Waals surface area contributed by atoms with Gasteiger partial charge < -0.3 is 10.2 Å². The molecule has 2 aliphatic heterocycles. The summed E-state index contributed by atoms with van der Waals surface area (Å²) in [4.78, 5) is 29.0. The fraction of sp³-hybridized carbons (Fsp3) is 0.545. The number of piperidine rings is 1. The number of nitrogens with one attached hydrogen (secondary N) is 1. The minimum atomic E-state index is -0.0266. The van der Waals surface area contributed by atoms with E-state index in [1.54, 1.807) is 5.38 Å².